The number of piperidine rings is 1. The van der Waals surface area contributed by atoms with Crippen molar-refractivity contribution in [1.29, 1.82) is 0 Å². The highest BCUT2D eigenvalue weighted by Crippen LogP contribution is 2.55. The minimum atomic E-state index is -4.72. The molecule has 14 rings (SSSR count). The van der Waals surface area contributed by atoms with E-state index < -0.39 is 37.5 Å². The van der Waals surface area contributed by atoms with Crippen LogP contribution < -0.4 is 43.7 Å². The molecule has 7 aliphatic heterocycles. The number of aromatic nitrogens is 3. The Bertz CT molecular complexity index is 3580. The summed E-state index contributed by atoms with van der Waals surface area (Å²) in [5.41, 5.74) is 4.94. The van der Waals surface area contributed by atoms with Crippen LogP contribution in [0.5, 0.6) is 23.1 Å². The van der Waals surface area contributed by atoms with Crippen molar-refractivity contribution in [2.24, 2.45) is 11.3 Å². The molecule has 3 aromatic carbocycles. The summed E-state index contributed by atoms with van der Waals surface area (Å²) >= 11 is 0. The standard InChI is InChI=1S/C61H70N10O11S/c1-37(2)81-52-8-4-3-7-44(52)51-34-68(58-56-39(11-19-63-58)6-5-24-79-56)22-23-69(51)42-32-61(33-42)16-20-67(21-17-61)41-9-10-45(48(29-41)70-47-15-27-78-36-54(47)82-60-50(70)28-40-12-18-62-57(40)65-60)59(72)66-83(75,76)43-30-49(71(73)74)55-53(31-43)80-35-46(64-55)38-13-25-77-26-14-38/h3-4,7-12,18-19,28-31,37-38,42,46-47,51,54,64H,5-6,13-17,20-27,32-36H2,1-2H3,(H,62,65)(H,66,72)/t46-,47-,51-,54-/m0/s1. The van der Waals surface area contributed by atoms with Crippen LogP contribution in [0, 0.1) is 21.4 Å². The van der Waals surface area contributed by atoms with Crippen LogP contribution in [0.2, 0.25) is 0 Å². The molecule has 436 valence electrons. The number of sulfonamides is 1. The van der Waals surface area contributed by atoms with Gasteiger partial charge in [0, 0.05) is 99.7 Å². The van der Waals surface area contributed by atoms with Gasteiger partial charge in [0.05, 0.1) is 58.5 Å². The number of H-pyrrole nitrogens is 1. The molecule has 4 saturated heterocycles. The van der Waals surface area contributed by atoms with E-state index in [1.54, 1.807) is 6.07 Å². The SMILES string of the molecule is CC(C)Oc1ccccc1[C@@H]1CN(c2nccc3c2OCCC3)CCN1C1CC2(CCN(c3ccc(C(=O)NS(=O)(=O)c4cc5c(c([N+](=O)[O-])c4)N[C@H](C4CCOCC4)CO5)c(N4c5cc6cc[nH]c6nc5O[C@H]5COCC[C@@H]54)c3)CC2)C1. The Morgan fingerprint density at radius 3 is 2.57 bits per heavy atom. The maximum absolute atomic E-state index is 15.0. The molecule has 5 fully saturated rings. The van der Waals surface area contributed by atoms with E-state index in [1.807, 2.05) is 36.7 Å². The first kappa shape index (κ1) is 53.6. The summed E-state index contributed by atoms with van der Waals surface area (Å²) in [6.07, 6.45) is 11.5. The molecule has 0 radical (unpaired) electrons. The largest absolute Gasteiger partial charge is 0.491 e. The Kier molecular flexibility index (Phi) is 14.0. The highest BCUT2D eigenvalue weighted by atomic mass is 32.2. The number of pyridine rings is 2. The van der Waals surface area contributed by atoms with Gasteiger partial charge in [0.15, 0.2) is 23.0 Å². The number of anilines is 5. The number of carbonyl (C=O) groups excluding carboxylic acids is 1. The average Bonchev–Trinajstić information content (AvgIpc) is 4.22. The molecule has 22 heteroatoms. The first-order valence-corrected chi connectivity index (χ1v) is 31.0. The zero-order valence-corrected chi connectivity index (χ0v) is 47.6. The molecule has 1 amide bonds. The Balaban J connectivity index is 0.743. The van der Waals surface area contributed by atoms with Crippen LogP contribution in [-0.2, 0) is 25.9 Å². The van der Waals surface area contributed by atoms with Gasteiger partial charge < -0.3 is 53.4 Å². The van der Waals surface area contributed by atoms with Crippen molar-refractivity contribution in [1.82, 2.24) is 24.6 Å². The van der Waals surface area contributed by atoms with E-state index in [2.05, 4.69) is 78.8 Å². The van der Waals surface area contributed by atoms with E-state index >= 15 is 0 Å². The lowest BCUT2D eigenvalue weighted by Crippen LogP contribution is -2.60. The third-order valence-corrected chi connectivity index (χ3v) is 19.9. The van der Waals surface area contributed by atoms with Crippen LogP contribution in [0.3, 0.4) is 0 Å². The van der Waals surface area contributed by atoms with Crippen molar-refractivity contribution in [3.8, 4) is 23.1 Å². The molecular formula is C61H70N10O11S. The van der Waals surface area contributed by atoms with E-state index in [0.29, 0.717) is 61.8 Å². The van der Waals surface area contributed by atoms with Crippen LogP contribution >= 0.6 is 0 Å². The van der Waals surface area contributed by atoms with Crippen molar-refractivity contribution < 1.29 is 46.6 Å². The molecule has 8 aliphatic rings. The number of piperazine rings is 1. The van der Waals surface area contributed by atoms with E-state index in [4.69, 9.17) is 38.4 Å². The van der Waals surface area contributed by atoms with E-state index in [9.17, 15) is 23.3 Å². The Hall–Kier alpha value is -7.40. The lowest BCUT2D eigenvalue weighted by molar-refractivity contribution is -0.384. The second-order valence-corrected chi connectivity index (χ2v) is 25.6. The second-order valence-electron chi connectivity index (χ2n) is 23.9. The Labute approximate surface area is 482 Å². The van der Waals surface area contributed by atoms with Gasteiger partial charge in [0.1, 0.15) is 29.8 Å². The van der Waals surface area contributed by atoms with Crippen LogP contribution in [0.1, 0.15) is 92.7 Å². The number of rotatable bonds is 12. The zero-order chi connectivity index (χ0) is 56.6. The minimum Gasteiger partial charge on any atom is -0.491 e. The topological polar surface area (TPSA) is 228 Å². The summed E-state index contributed by atoms with van der Waals surface area (Å²) < 4.78 is 68.2. The molecule has 1 saturated carbocycles. The number of nitro benzene ring substituents is 1. The molecule has 21 nitrogen and oxygen atoms in total. The van der Waals surface area contributed by atoms with Gasteiger partial charge in [0.25, 0.3) is 21.6 Å². The maximum Gasteiger partial charge on any atom is 0.297 e. The van der Waals surface area contributed by atoms with Crippen molar-refractivity contribution in [3.63, 3.8) is 0 Å². The normalized spacial score (nSPS) is 23.6. The number of fused-ring (bicyclic) bond motifs is 5. The van der Waals surface area contributed by atoms with Crippen molar-refractivity contribution >= 4 is 61.2 Å². The summed E-state index contributed by atoms with van der Waals surface area (Å²) in [6, 6.07) is 22.2. The number of nitro groups is 1. The third-order valence-electron chi connectivity index (χ3n) is 18.6. The number of ether oxygens (including phenoxy) is 6. The second kappa shape index (κ2) is 21.7. The number of benzene rings is 3. The van der Waals surface area contributed by atoms with Crippen LogP contribution in [-0.4, -0.2) is 142 Å². The van der Waals surface area contributed by atoms with Gasteiger partial charge >= 0.3 is 0 Å². The molecular weight excluding hydrogens is 1080 g/mol. The summed E-state index contributed by atoms with van der Waals surface area (Å²) in [5, 5.41) is 16.7. The number of nitrogens with one attached hydrogen (secondary N) is 3. The van der Waals surface area contributed by atoms with Crippen molar-refractivity contribution in [3.05, 3.63) is 112 Å². The van der Waals surface area contributed by atoms with Gasteiger partial charge in [-0.3, -0.25) is 19.8 Å². The molecule has 1 aliphatic carbocycles. The minimum absolute atomic E-state index is 0.0235. The number of aromatic amines is 1. The van der Waals surface area contributed by atoms with E-state index in [-0.39, 0.29) is 65.8 Å². The fourth-order valence-electron chi connectivity index (χ4n) is 14.3. The van der Waals surface area contributed by atoms with Crippen molar-refractivity contribution in [2.45, 2.75) is 113 Å². The molecule has 0 bridgehead atoms. The molecule has 3 aromatic heterocycles. The number of amides is 1. The van der Waals surface area contributed by atoms with Gasteiger partial charge in [-0.1, -0.05) is 18.2 Å². The first-order valence-electron chi connectivity index (χ1n) is 29.5. The highest BCUT2D eigenvalue weighted by Gasteiger charge is 2.51. The number of carbonyl (C=O) groups is 1. The number of hydrogen-bond acceptors (Lipinski definition) is 18. The molecule has 1 spiro atoms. The summed E-state index contributed by atoms with van der Waals surface area (Å²) in [7, 11) is -4.72. The smallest absolute Gasteiger partial charge is 0.297 e. The lowest BCUT2D eigenvalue weighted by atomic mass is 9.59. The molecule has 6 aromatic rings. The molecule has 3 N–H and O–H groups in total. The predicted molar refractivity (Wildman–Crippen MR) is 311 cm³/mol. The Morgan fingerprint density at radius 1 is 0.904 bits per heavy atom. The number of aryl methyl sites for hydroxylation is 1. The monoisotopic (exact) mass is 1150 g/mol. The molecule has 0 unspecified atom stereocenters. The van der Waals surface area contributed by atoms with Gasteiger partial charge in [-0.2, -0.15) is 4.98 Å². The average molecular weight is 1150 g/mol. The third kappa shape index (κ3) is 10.1. The summed E-state index contributed by atoms with van der Waals surface area (Å²) in [4.78, 5) is 49.1. The lowest BCUT2D eigenvalue weighted by Gasteiger charge is -2.58. The van der Waals surface area contributed by atoms with Gasteiger partial charge in [-0.25, -0.2) is 18.1 Å². The molecule has 10 heterocycles. The predicted octanol–water partition coefficient (Wildman–Crippen LogP) is 8.70. The van der Waals surface area contributed by atoms with Gasteiger partial charge in [0.2, 0.25) is 5.88 Å². The molecule has 4 atom stereocenters. The zero-order valence-electron chi connectivity index (χ0n) is 46.8. The van der Waals surface area contributed by atoms with E-state index in [0.717, 1.165) is 119 Å². The number of hydrogen-bond donors (Lipinski definition) is 3. The highest BCUT2D eigenvalue weighted by molar-refractivity contribution is 7.90. The fraction of sp³-hybridized carbons (Fsp3) is 0.492. The van der Waals surface area contributed by atoms with Crippen molar-refractivity contribution in [2.75, 3.05) is 92.4 Å². The first-order chi connectivity index (χ1) is 40.3. The van der Waals surface area contributed by atoms with Crippen LogP contribution in [0.15, 0.2) is 90.1 Å². The Morgan fingerprint density at radius 2 is 1.73 bits per heavy atom. The number of para-hydroxylation sites is 1. The summed E-state index contributed by atoms with van der Waals surface area (Å²) in [5.74, 6) is 2.41. The number of nitrogens with zero attached hydrogens (tertiary/aromatic N) is 7. The summed E-state index contributed by atoms with van der Waals surface area (Å²) in [6.45, 7) is 11.0. The molecule has 83 heavy (non-hydrogen) atoms. The fourth-order valence-corrected chi connectivity index (χ4v) is 15.3. The van der Waals surface area contributed by atoms with Gasteiger partial charge in [-0.15, -0.1) is 0 Å². The van der Waals surface area contributed by atoms with Gasteiger partial charge in [-0.05, 0) is 131 Å². The van der Waals surface area contributed by atoms with Crippen LogP contribution in [0.25, 0.3) is 11.0 Å². The van der Waals surface area contributed by atoms with Crippen LogP contribution in [0.4, 0.5) is 34.3 Å². The quantitative estimate of drug-likeness (QED) is 0.0769. The maximum atomic E-state index is 15.0. The van der Waals surface area contributed by atoms with E-state index in [1.165, 1.54) is 17.2 Å².